The highest BCUT2D eigenvalue weighted by Crippen LogP contribution is 2.31. The zero-order valence-corrected chi connectivity index (χ0v) is 9.66. The summed E-state index contributed by atoms with van der Waals surface area (Å²) >= 11 is 0. The number of alkyl halides is 3. The molecule has 0 atom stereocenters. The third-order valence-electron chi connectivity index (χ3n) is 2.44. The average Bonchev–Trinajstić information content (AvgIpc) is 2.83. The van der Waals surface area contributed by atoms with Crippen LogP contribution in [0.4, 0.5) is 18.9 Å². The molecule has 0 saturated carbocycles. The van der Waals surface area contributed by atoms with Crippen LogP contribution in [-0.2, 0) is 6.18 Å². The maximum Gasteiger partial charge on any atom is 0.433 e. The monoisotopic (exact) mass is 285 g/mol. The van der Waals surface area contributed by atoms with Gasteiger partial charge in [-0.1, -0.05) is 0 Å². The van der Waals surface area contributed by atoms with Crippen LogP contribution < -0.4 is 0 Å². The van der Waals surface area contributed by atoms with Gasteiger partial charge in [0.2, 0.25) is 0 Å². The predicted molar refractivity (Wildman–Crippen MR) is 60.6 cm³/mol. The molecule has 1 heterocycles. The highest BCUT2D eigenvalue weighted by molar-refractivity contribution is 5.72. The quantitative estimate of drug-likeness (QED) is 0.493. The van der Waals surface area contributed by atoms with Gasteiger partial charge in [0.1, 0.15) is 11.4 Å². The highest BCUT2D eigenvalue weighted by Gasteiger charge is 2.36. The molecule has 104 valence electrons. The highest BCUT2D eigenvalue weighted by atomic mass is 19.4. The third kappa shape index (κ3) is 2.51. The van der Waals surface area contributed by atoms with Crippen molar-refractivity contribution in [3.63, 3.8) is 0 Å². The number of rotatable bonds is 3. The van der Waals surface area contributed by atoms with E-state index in [-0.39, 0.29) is 23.4 Å². The first-order valence-corrected chi connectivity index (χ1v) is 5.20. The van der Waals surface area contributed by atoms with Gasteiger partial charge < -0.3 is 0 Å². The Labute approximate surface area is 109 Å². The number of nitrogens with zero attached hydrogens (tertiary/aromatic N) is 3. The number of aldehydes is 1. The van der Waals surface area contributed by atoms with Gasteiger partial charge in [0.25, 0.3) is 5.69 Å². The minimum Gasteiger partial charge on any atom is -0.296 e. The lowest BCUT2D eigenvalue weighted by atomic mass is 10.2. The Balaban J connectivity index is 2.54. The fourth-order valence-electron chi connectivity index (χ4n) is 1.57. The SMILES string of the molecule is O=Cc1cc(C(F)(F)F)n(-c2ccc([N+](=O)[O-])cc2)n1. The van der Waals surface area contributed by atoms with Crippen LogP contribution >= 0.6 is 0 Å². The van der Waals surface area contributed by atoms with E-state index < -0.39 is 16.8 Å². The standard InChI is InChI=1S/C11H6F3N3O3/c12-11(13,14)10-5-7(6-18)15-16(10)8-1-3-9(4-2-8)17(19)20/h1-6H. The van der Waals surface area contributed by atoms with Gasteiger partial charge in [-0.2, -0.15) is 18.3 Å². The average molecular weight is 285 g/mol. The Morgan fingerprint density at radius 3 is 2.30 bits per heavy atom. The topological polar surface area (TPSA) is 78.0 Å². The molecule has 9 heteroatoms. The van der Waals surface area contributed by atoms with E-state index in [4.69, 9.17) is 0 Å². The first-order valence-electron chi connectivity index (χ1n) is 5.20. The Morgan fingerprint density at radius 2 is 1.85 bits per heavy atom. The summed E-state index contributed by atoms with van der Waals surface area (Å²) in [6.07, 6.45) is -4.51. The van der Waals surface area contributed by atoms with Crippen molar-refractivity contribution in [2.75, 3.05) is 0 Å². The van der Waals surface area contributed by atoms with E-state index in [0.29, 0.717) is 10.7 Å². The van der Waals surface area contributed by atoms with Crippen LogP contribution in [0.15, 0.2) is 30.3 Å². The van der Waals surface area contributed by atoms with Gasteiger partial charge in [-0.05, 0) is 18.2 Å². The number of nitro benzene ring substituents is 1. The molecule has 0 bridgehead atoms. The minimum absolute atomic E-state index is 0.0315. The second-order valence-corrected chi connectivity index (χ2v) is 3.76. The van der Waals surface area contributed by atoms with Gasteiger partial charge >= 0.3 is 6.18 Å². The molecule has 0 fully saturated rings. The van der Waals surface area contributed by atoms with Crippen LogP contribution in [0.5, 0.6) is 0 Å². The van der Waals surface area contributed by atoms with E-state index in [1.807, 2.05) is 0 Å². The first kappa shape index (κ1) is 13.7. The molecule has 0 spiro atoms. The second kappa shape index (κ2) is 4.76. The fourth-order valence-corrected chi connectivity index (χ4v) is 1.57. The van der Waals surface area contributed by atoms with E-state index in [0.717, 1.165) is 24.3 Å². The Kier molecular flexibility index (Phi) is 3.26. The van der Waals surface area contributed by atoms with Crippen molar-refractivity contribution in [1.82, 2.24) is 9.78 Å². The van der Waals surface area contributed by atoms with Gasteiger partial charge in [-0.25, -0.2) is 4.68 Å². The second-order valence-electron chi connectivity index (χ2n) is 3.76. The van der Waals surface area contributed by atoms with Crippen molar-refractivity contribution in [3.8, 4) is 5.69 Å². The van der Waals surface area contributed by atoms with Crippen LogP contribution in [0.1, 0.15) is 16.2 Å². The zero-order chi connectivity index (χ0) is 14.9. The summed E-state index contributed by atoms with van der Waals surface area (Å²) in [5.41, 5.74) is -1.80. The summed E-state index contributed by atoms with van der Waals surface area (Å²) in [7, 11) is 0. The van der Waals surface area contributed by atoms with E-state index in [9.17, 15) is 28.1 Å². The smallest absolute Gasteiger partial charge is 0.296 e. The molecule has 2 rings (SSSR count). The lowest BCUT2D eigenvalue weighted by Gasteiger charge is -2.09. The molecule has 1 aromatic heterocycles. The summed E-state index contributed by atoms with van der Waals surface area (Å²) < 4.78 is 38.9. The number of aromatic nitrogens is 2. The lowest BCUT2D eigenvalue weighted by Crippen LogP contribution is -2.13. The van der Waals surface area contributed by atoms with Crippen LogP contribution in [0.2, 0.25) is 0 Å². The molecule has 0 unspecified atom stereocenters. The van der Waals surface area contributed by atoms with Gasteiger partial charge in [-0.3, -0.25) is 14.9 Å². The van der Waals surface area contributed by atoms with Gasteiger partial charge in [0.05, 0.1) is 10.6 Å². The molecule has 6 nitrogen and oxygen atoms in total. The number of benzene rings is 1. The molecule has 0 aliphatic carbocycles. The number of hydrogen-bond donors (Lipinski definition) is 0. The normalized spacial score (nSPS) is 11.3. The number of non-ortho nitro benzene ring substituents is 1. The van der Waals surface area contributed by atoms with Gasteiger partial charge in [0.15, 0.2) is 6.29 Å². The number of hydrogen-bond acceptors (Lipinski definition) is 4. The van der Waals surface area contributed by atoms with Crippen molar-refractivity contribution >= 4 is 12.0 Å². The Morgan fingerprint density at radius 1 is 1.25 bits per heavy atom. The molecular formula is C11H6F3N3O3. The van der Waals surface area contributed by atoms with Crippen molar-refractivity contribution in [2.45, 2.75) is 6.18 Å². The Bertz CT molecular complexity index is 662. The molecule has 0 radical (unpaired) electrons. The van der Waals surface area contributed by atoms with Crippen LogP contribution in [-0.4, -0.2) is 21.0 Å². The molecule has 0 amide bonds. The molecule has 0 saturated heterocycles. The fraction of sp³-hybridized carbons (Fsp3) is 0.0909. The van der Waals surface area contributed by atoms with Crippen LogP contribution in [0.3, 0.4) is 0 Å². The largest absolute Gasteiger partial charge is 0.433 e. The Hall–Kier alpha value is -2.71. The molecule has 20 heavy (non-hydrogen) atoms. The lowest BCUT2D eigenvalue weighted by molar-refractivity contribution is -0.384. The summed E-state index contributed by atoms with van der Waals surface area (Å²) in [4.78, 5) is 20.4. The van der Waals surface area contributed by atoms with Crippen molar-refractivity contribution in [1.29, 1.82) is 0 Å². The first-order chi connectivity index (χ1) is 9.32. The number of halogens is 3. The van der Waals surface area contributed by atoms with Gasteiger partial charge in [-0.15, -0.1) is 0 Å². The van der Waals surface area contributed by atoms with Gasteiger partial charge in [0, 0.05) is 12.1 Å². The third-order valence-corrected chi connectivity index (χ3v) is 2.44. The maximum atomic E-state index is 12.8. The van der Waals surface area contributed by atoms with E-state index in [2.05, 4.69) is 5.10 Å². The van der Waals surface area contributed by atoms with Crippen molar-refractivity contribution < 1.29 is 22.9 Å². The van der Waals surface area contributed by atoms with E-state index in [1.165, 1.54) is 0 Å². The molecular weight excluding hydrogens is 279 g/mol. The summed E-state index contributed by atoms with van der Waals surface area (Å²) in [6.45, 7) is 0. The number of nitro groups is 1. The summed E-state index contributed by atoms with van der Waals surface area (Å²) in [5.74, 6) is 0. The molecule has 0 aliphatic rings. The molecule has 0 N–H and O–H groups in total. The minimum atomic E-state index is -4.70. The van der Waals surface area contributed by atoms with E-state index >= 15 is 0 Å². The predicted octanol–water partition coefficient (Wildman–Crippen LogP) is 2.61. The summed E-state index contributed by atoms with van der Waals surface area (Å²) in [6, 6.07) is 4.95. The molecule has 1 aromatic carbocycles. The number of carbonyl (C=O) groups is 1. The van der Waals surface area contributed by atoms with Crippen LogP contribution in [0.25, 0.3) is 5.69 Å². The summed E-state index contributed by atoms with van der Waals surface area (Å²) in [5, 5.41) is 14.0. The van der Waals surface area contributed by atoms with Crippen molar-refractivity contribution in [3.05, 3.63) is 51.8 Å². The maximum absolute atomic E-state index is 12.8. The molecule has 0 aliphatic heterocycles. The zero-order valence-electron chi connectivity index (χ0n) is 9.66. The molecule has 2 aromatic rings. The van der Waals surface area contributed by atoms with Crippen LogP contribution in [0, 0.1) is 10.1 Å². The van der Waals surface area contributed by atoms with E-state index in [1.54, 1.807) is 0 Å². The number of carbonyl (C=O) groups excluding carboxylic acids is 1. The van der Waals surface area contributed by atoms with Crippen molar-refractivity contribution in [2.24, 2.45) is 0 Å².